The lowest BCUT2D eigenvalue weighted by Gasteiger charge is -2.21. The molecule has 0 fully saturated rings. The summed E-state index contributed by atoms with van der Waals surface area (Å²) >= 11 is 0. The maximum atomic E-state index is 11.9. The van der Waals surface area contributed by atoms with Crippen molar-refractivity contribution >= 4 is 11.6 Å². The Morgan fingerprint density at radius 1 is 1.56 bits per heavy atom. The van der Waals surface area contributed by atoms with Crippen molar-refractivity contribution < 1.29 is 9.90 Å². The highest BCUT2D eigenvalue weighted by molar-refractivity contribution is 5.94. The van der Waals surface area contributed by atoms with E-state index in [4.69, 9.17) is 5.73 Å². The predicted octanol–water partition coefficient (Wildman–Crippen LogP) is 1.34. The van der Waals surface area contributed by atoms with Crippen molar-refractivity contribution in [2.45, 2.75) is 13.3 Å². The number of rotatable bonds is 4. The molecule has 0 saturated carbocycles. The van der Waals surface area contributed by atoms with Gasteiger partial charge in [0.05, 0.1) is 0 Å². The molecule has 0 radical (unpaired) electrons. The Kier molecular flexibility index (Phi) is 4.31. The van der Waals surface area contributed by atoms with Gasteiger partial charge >= 0.3 is 0 Å². The van der Waals surface area contributed by atoms with E-state index in [0.717, 1.165) is 0 Å². The predicted molar refractivity (Wildman–Crippen MR) is 64.4 cm³/mol. The van der Waals surface area contributed by atoms with Crippen LogP contribution in [0.3, 0.4) is 0 Å². The molecule has 0 spiro atoms. The molecule has 1 rings (SSSR count). The monoisotopic (exact) mass is 222 g/mol. The maximum absolute atomic E-state index is 11.9. The molecule has 0 saturated heterocycles. The first kappa shape index (κ1) is 12.5. The number of benzene rings is 1. The number of nitrogens with zero attached hydrogens (tertiary/aromatic N) is 1. The van der Waals surface area contributed by atoms with Crippen molar-refractivity contribution in [3.8, 4) is 5.75 Å². The van der Waals surface area contributed by atoms with Gasteiger partial charge in [-0.3, -0.25) is 4.79 Å². The highest BCUT2D eigenvalue weighted by Crippen LogP contribution is 2.20. The van der Waals surface area contributed by atoms with Gasteiger partial charge in [0.25, 0.3) is 0 Å². The summed E-state index contributed by atoms with van der Waals surface area (Å²) in [6.45, 7) is 2.36. The quantitative estimate of drug-likeness (QED) is 0.808. The molecule has 0 heterocycles. The van der Waals surface area contributed by atoms with Crippen LogP contribution in [0.15, 0.2) is 24.3 Å². The van der Waals surface area contributed by atoms with Crippen molar-refractivity contribution in [2.75, 3.05) is 18.5 Å². The van der Waals surface area contributed by atoms with Crippen LogP contribution in [0.1, 0.15) is 13.3 Å². The average molecular weight is 222 g/mol. The van der Waals surface area contributed by atoms with E-state index in [1.165, 1.54) is 0 Å². The summed E-state index contributed by atoms with van der Waals surface area (Å²) in [4.78, 5) is 13.5. The molecular weight excluding hydrogens is 204 g/mol. The highest BCUT2D eigenvalue weighted by atomic mass is 16.3. The molecular formula is C12H18N2O2. The average Bonchev–Trinajstić information content (AvgIpc) is 2.27. The van der Waals surface area contributed by atoms with E-state index in [2.05, 4.69) is 0 Å². The lowest BCUT2D eigenvalue weighted by Crippen LogP contribution is -2.32. The molecule has 3 N–H and O–H groups in total. The van der Waals surface area contributed by atoms with E-state index in [9.17, 15) is 9.90 Å². The Morgan fingerprint density at radius 2 is 2.25 bits per heavy atom. The minimum atomic E-state index is -0.0997. The second-order valence-electron chi connectivity index (χ2n) is 3.90. The number of hydrogen-bond acceptors (Lipinski definition) is 3. The van der Waals surface area contributed by atoms with Crippen LogP contribution >= 0.6 is 0 Å². The third-order valence-electron chi connectivity index (χ3n) is 2.57. The SMILES string of the molecule is CC(CCN)C(=O)N(C)c1cccc(O)c1. The Bertz CT molecular complexity index is 366. The van der Waals surface area contributed by atoms with Gasteiger partial charge < -0.3 is 15.7 Å². The molecule has 1 amide bonds. The van der Waals surface area contributed by atoms with Crippen LogP contribution in [0, 0.1) is 5.92 Å². The summed E-state index contributed by atoms with van der Waals surface area (Å²) in [5, 5.41) is 9.33. The summed E-state index contributed by atoms with van der Waals surface area (Å²) in [6.07, 6.45) is 0.669. The number of nitrogens with two attached hydrogens (primary N) is 1. The second kappa shape index (κ2) is 5.51. The van der Waals surface area contributed by atoms with E-state index in [1.807, 2.05) is 6.92 Å². The largest absolute Gasteiger partial charge is 0.508 e. The molecule has 4 nitrogen and oxygen atoms in total. The Balaban J connectivity index is 2.77. The summed E-state index contributed by atoms with van der Waals surface area (Å²) in [5.74, 6) is 0.0667. The van der Waals surface area contributed by atoms with Crippen LogP contribution in [0.5, 0.6) is 5.75 Å². The van der Waals surface area contributed by atoms with Gasteiger partial charge in [-0.15, -0.1) is 0 Å². The number of hydrogen-bond donors (Lipinski definition) is 2. The molecule has 4 heteroatoms. The summed E-state index contributed by atoms with van der Waals surface area (Å²) in [7, 11) is 1.70. The van der Waals surface area contributed by atoms with Gasteiger partial charge in [-0.05, 0) is 25.1 Å². The van der Waals surface area contributed by atoms with Gasteiger partial charge in [-0.2, -0.15) is 0 Å². The number of amides is 1. The molecule has 16 heavy (non-hydrogen) atoms. The number of phenolic OH excluding ortho intramolecular Hbond substituents is 1. The topological polar surface area (TPSA) is 66.6 Å². The Labute approximate surface area is 95.7 Å². The number of carbonyl (C=O) groups excluding carboxylic acids is 1. The third-order valence-corrected chi connectivity index (χ3v) is 2.57. The summed E-state index contributed by atoms with van der Waals surface area (Å²) in [5.41, 5.74) is 6.11. The van der Waals surface area contributed by atoms with E-state index in [0.29, 0.717) is 18.7 Å². The molecule has 1 aromatic carbocycles. The molecule has 0 aliphatic heterocycles. The van der Waals surface area contributed by atoms with Crippen LogP contribution in [0.2, 0.25) is 0 Å². The number of carbonyl (C=O) groups is 1. The molecule has 0 bridgehead atoms. The van der Waals surface area contributed by atoms with Crippen LogP contribution < -0.4 is 10.6 Å². The summed E-state index contributed by atoms with van der Waals surface area (Å²) in [6, 6.07) is 6.63. The van der Waals surface area contributed by atoms with E-state index < -0.39 is 0 Å². The fourth-order valence-corrected chi connectivity index (χ4v) is 1.53. The van der Waals surface area contributed by atoms with Crippen LogP contribution in [-0.2, 0) is 4.79 Å². The maximum Gasteiger partial charge on any atom is 0.229 e. The highest BCUT2D eigenvalue weighted by Gasteiger charge is 2.17. The molecule has 88 valence electrons. The van der Waals surface area contributed by atoms with Gasteiger partial charge in [0.2, 0.25) is 5.91 Å². The third kappa shape index (κ3) is 2.97. The fourth-order valence-electron chi connectivity index (χ4n) is 1.53. The molecule has 0 aromatic heterocycles. The molecule has 1 unspecified atom stereocenters. The minimum absolute atomic E-state index is 0.0102. The van der Waals surface area contributed by atoms with Crippen LogP contribution in [-0.4, -0.2) is 24.6 Å². The van der Waals surface area contributed by atoms with Crippen molar-refractivity contribution in [3.05, 3.63) is 24.3 Å². The van der Waals surface area contributed by atoms with Gasteiger partial charge in [0.15, 0.2) is 0 Å². The van der Waals surface area contributed by atoms with Gasteiger partial charge in [0, 0.05) is 24.7 Å². The number of anilines is 1. The summed E-state index contributed by atoms with van der Waals surface area (Å²) < 4.78 is 0. The first-order valence-electron chi connectivity index (χ1n) is 5.33. The van der Waals surface area contributed by atoms with Gasteiger partial charge in [0.1, 0.15) is 5.75 Å². The van der Waals surface area contributed by atoms with Crippen LogP contribution in [0.25, 0.3) is 0 Å². The van der Waals surface area contributed by atoms with Gasteiger partial charge in [-0.1, -0.05) is 13.0 Å². The lowest BCUT2D eigenvalue weighted by atomic mass is 10.1. The van der Waals surface area contributed by atoms with E-state index in [1.54, 1.807) is 36.2 Å². The van der Waals surface area contributed by atoms with Gasteiger partial charge in [-0.25, -0.2) is 0 Å². The van der Waals surface area contributed by atoms with Crippen molar-refractivity contribution in [2.24, 2.45) is 11.7 Å². The number of phenols is 1. The van der Waals surface area contributed by atoms with Crippen molar-refractivity contribution in [1.29, 1.82) is 0 Å². The normalized spacial score (nSPS) is 12.2. The van der Waals surface area contributed by atoms with Crippen molar-refractivity contribution in [1.82, 2.24) is 0 Å². The van der Waals surface area contributed by atoms with Crippen LogP contribution in [0.4, 0.5) is 5.69 Å². The van der Waals surface area contributed by atoms with Crippen molar-refractivity contribution in [3.63, 3.8) is 0 Å². The number of aromatic hydroxyl groups is 1. The first-order valence-corrected chi connectivity index (χ1v) is 5.33. The first-order chi connectivity index (χ1) is 7.56. The standard InChI is InChI=1S/C12H18N2O2/c1-9(6-7-13)12(16)14(2)10-4-3-5-11(15)8-10/h3-5,8-9,15H,6-7,13H2,1-2H3. The smallest absolute Gasteiger partial charge is 0.229 e. The molecule has 0 aliphatic carbocycles. The Hall–Kier alpha value is -1.55. The zero-order valence-electron chi connectivity index (χ0n) is 9.68. The van der Waals surface area contributed by atoms with E-state index >= 15 is 0 Å². The fraction of sp³-hybridized carbons (Fsp3) is 0.417. The Morgan fingerprint density at radius 3 is 2.81 bits per heavy atom. The zero-order valence-corrected chi connectivity index (χ0v) is 9.68. The minimum Gasteiger partial charge on any atom is -0.508 e. The molecule has 0 aliphatic rings. The zero-order chi connectivity index (χ0) is 12.1. The molecule has 1 atom stereocenters. The lowest BCUT2D eigenvalue weighted by molar-refractivity contribution is -0.121. The van der Waals surface area contributed by atoms with E-state index in [-0.39, 0.29) is 17.6 Å². The second-order valence-corrected chi connectivity index (χ2v) is 3.90. The molecule has 1 aromatic rings.